The maximum Gasteiger partial charge on any atom is 0.291 e. The highest BCUT2D eigenvalue weighted by molar-refractivity contribution is 9.10. The van der Waals surface area contributed by atoms with Gasteiger partial charge in [0.2, 0.25) is 0 Å². The molecule has 1 aromatic heterocycles. The van der Waals surface area contributed by atoms with Crippen LogP contribution in [0.1, 0.15) is 20.9 Å². The first kappa shape index (κ1) is 21.5. The summed E-state index contributed by atoms with van der Waals surface area (Å²) in [5, 5.41) is 7.40. The molecule has 162 valence electrons. The summed E-state index contributed by atoms with van der Waals surface area (Å²) in [5.41, 5.74) is 1.21. The van der Waals surface area contributed by atoms with Gasteiger partial charge in [-0.2, -0.15) is 0 Å². The molecule has 7 nitrogen and oxygen atoms in total. The average molecular weight is 495 g/mol. The number of hydrogen-bond donors (Lipinski definition) is 2. The summed E-state index contributed by atoms with van der Waals surface area (Å²) in [4.78, 5) is 25.5. The zero-order valence-electron chi connectivity index (χ0n) is 17.3. The van der Waals surface area contributed by atoms with E-state index in [9.17, 15) is 9.59 Å². The molecule has 3 aromatic carbocycles. The Balaban J connectivity index is 1.66. The lowest BCUT2D eigenvalue weighted by atomic mass is 10.0. The number of rotatable bonds is 6. The summed E-state index contributed by atoms with van der Waals surface area (Å²) in [5.74, 6) is 0.242. The second-order valence-corrected chi connectivity index (χ2v) is 7.59. The fraction of sp³-hybridized carbons (Fsp3) is 0.0833. The largest absolute Gasteiger partial charge is 0.495 e. The number of furan rings is 1. The lowest BCUT2D eigenvalue weighted by Crippen LogP contribution is -2.15. The Hall–Kier alpha value is -3.78. The quantitative estimate of drug-likeness (QED) is 0.357. The van der Waals surface area contributed by atoms with Crippen molar-refractivity contribution in [1.82, 2.24) is 0 Å². The van der Waals surface area contributed by atoms with E-state index in [1.165, 1.54) is 20.5 Å². The highest BCUT2D eigenvalue weighted by atomic mass is 79.9. The number of hydrogen-bond acceptors (Lipinski definition) is 5. The fourth-order valence-electron chi connectivity index (χ4n) is 3.33. The number of anilines is 2. The number of halogens is 1. The van der Waals surface area contributed by atoms with Gasteiger partial charge < -0.3 is 24.5 Å². The predicted octanol–water partition coefficient (Wildman–Crippen LogP) is 5.72. The zero-order chi connectivity index (χ0) is 22.7. The van der Waals surface area contributed by atoms with Crippen LogP contribution < -0.4 is 20.1 Å². The third kappa shape index (κ3) is 4.17. The Morgan fingerprint density at radius 2 is 1.72 bits per heavy atom. The van der Waals surface area contributed by atoms with Crippen molar-refractivity contribution >= 4 is 49.9 Å². The summed E-state index contributed by atoms with van der Waals surface area (Å²) in [6.07, 6.45) is 1.42. The number of ether oxygens (including phenoxy) is 2. The maximum atomic E-state index is 13.2. The third-order valence-electron chi connectivity index (χ3n) is 4.84. The first-order chi connectivity index (χ1) is 15.5. The van der Waals surface area contributed by atoms with Gasteiger partial charge in [0.05, 0.1) is 36.2 Å². The van der Waals surface area contributed by atoms with E-state index in [2.05, 4.69) is 26.6 Å². The van der Waals surface area contributed by atoms with E-state index in [4.69, 9.17) is 13.9 Å². The molecule has 2 N–H and O–H groups in total. The van der Waals surface area contributed by atoms with Crippen LogP contribution in [-0.4, -0.2) is 26.0 Å². The van der Waals surface area contributed by atoms with E-state index in [1.54, 1.807) is 36.4 Å². The number of methoxy groups -OCH3 is 2. The van der Waals surface area contributed by atoms with Gasteiger partial charge in [-0.15, -0.1) is 0 Å². The van der Waals surface area contributed by atoms with Crippen LogP contribution in [0.3, 0.4) is 0 Å². The predicted molar refractivity (Wildman–Crippen MR) is 126 cm³/mol. The van der Waals surface area contributed by atoms with E-state index in [1.807, 2.05) is 24.3 Å². The highest BCUT2D eigenvalue weighted by Crippen LogP contribution is 2.37. The van der Waals surface area contributed by atoms with Crippen LogP contribution in [0.25, 0.3) is 10.8 Å². The molecule has 0 bridgehead atoms. The van der Waals surface area contributed by atoms with Gasteiger partial charge in [-0.05, 0) is 63.1 Å². The van der Waals surface area contributed by atoms with Gasteiger partial charge in [0, 0.05) is 5.69 Å². The molecule has 32 heavy (non-hydrogen) atoms. The normalized spacial score (nSPS) is 10.6. The number of amides is 2. The first-order valence-electron chi connectivity index (χ1n) is 9.61. The monoisotopic (exact) mass is 494 g/mol. The molecule has 1 heterocycles. The minimum Gasteiger partial charge on any atom is -0.495 e. The molecule has 4 rings (SSSR count). The Morgan fingerprint density at radius 1 is 0.906 bits per heavy atom. The molecule has 4 aromatic rings. The number of benzene rings is 3. The number of fused-ring (bicyclic) bond motifs is 1. The number of carbonyl (C=O) groups is 2. The van der Waals surface area contributed by atoms with Gasteiger partial charge in [0.25, 0.3) is 11.8 Å². The molecule has 0 radical (unpaired) electrons. The molecule has 0 aliphatic rings. The topological polar surface area (TPSA) is 89.8 Å². The van der Waals surface area contributed by atoms with Crippen LogP contribution in [0.5, 0.6) is 11.5 Å². The summed E-state index contributed by atoms with van der Waals surface area (Å²) in [7, 11) is 3.01. The van der Waals surface area contributed by atoms with Crippen molar-refractivity contribution in [3.05, 3.63) is 82.7 Å². The molecule has 0 aliphatic heterocycles. The molecule has 0 aliphatic carbocycles. The van der Waals surface area contributed by atoms with E-state index < -0.39 is 5.91 Å². The van der Waals surface area contributed by atoms with Crippen molar-refractivity contribution in [1.29, 1.82) is 0 Å². The van der Waals surface area contributed by atoms with Gasteiger partial charge >= 0.3 is 0 Å². The molecule has 0 spiro atoms. The van der Waals surface area contributed by atoms with Crippen molar-refractivity contribution in [3.63, 3.8) is 0 Å². The lowest BCUT2D eigenvalue weighted by molar-refractivity contribution is 0.0994. The van der Waals surface area contributed by atoms with Crippen molar-refractivity contribution in [3.8, 4) is 11.5 Å². The smallest absolute Gasteiger partial charge is 0.291 e. The van der Waals surface area contributed by atoms with E-state index in [0.29, 0.717) is 32.9 Å². The van der Waals surface area contributed by atoms with E-state index in [-0.39, 0.29) is 11.7 Å². The summed E-state index contributed by atoms with van der Waals surface area (Å²) in [6, 6.07) is 17.6. The lowest BCUT2D eigenvalue weighted by Gasteiger charge is -2.16. The zero-order valence-corrected chi connectivity index (χ0v) is 18.9. The Labute approximate surface area is 192 Å². The van der Waals surface area contributed by atoms with Gasteiger partial charge in [0.1, 0.15) is 11.5 Å². The second-order valence-electron chi connectivity index (χ2n) is 6.79. The molecule has 2 amide bonds. The Morgan fingerprint density at radius 3 is 2.44 bits per heavy atom. The van der Waals surface area contributed by atoms with Gasteiger partial charge in [-0.25, -0.2) is 0 Å². The number of nitrogens with one attached hydrogen (secondary N) is 2. The highest BCUT2D eigenvalue weighted by Gasteiger charge is 2.20. The van der Waals surface area contributed by atoms with Crippen LogP contribution in [0.4, 0.5) is 11.4 Å². The molecule has 0 saturated heterocycles. The van der Waals surface area contributed by atoms with Crippen molar-refractivity contribution in [2.24, 2.45) is 0 Å². The van der Waals surface area contributed by atoms with Crippen LogP contribution in [-0.2, 0) is 0 Å². The SMILES string of the molecule is COc1ccc(NC(=O)c2ccco2)cc1NC(=O)c1cc2ccccc2c(Br)c1OC. The number of carbonyl (C=O) groups excluding carboxylic acids is 2. The molecule has 0 saturated carbocycles. The summed E-state index contributed by atoms with van der Waals surface area (Å²) in [6.45, 7) is 0. The Kier molecular flexibility index (Phi) is 6.13. The molecule has 0 fully saturated rings. The van der Waals surface area contributed by atoms with Crippen molar-refractivity contribution < 1.29 is 23.5 Å². The van der Waals surface area contributed by atoms with Crippen LogP contribution in [0.15, 0.2) is 75.8 Å². The molecule has 0 unspecified atom stereocenters. The van der Waals surface area contributed by atoms with Gasteiger partial charge in [-0.1, -0.05) is 24.3 Å². The van der Waals surface area contributed by atoms with Gasteiger partial charge in [-0.3, -0.25) is 9.59 Å². The minimum atomic E-state index is -0.405. The minimum absolute atomic E-state index is 0.178. The first-order valence-corrected chi connectivity index (χ1v) is 10.4. The van der Waals surface area contributed by atoms with Gasteiger partial charge in [0.15, 0.2) is 5.76 Å². The maximum absolute atomic E-state index is 13.2. The fourth-order valence-corrected chi connectivity index (χ4v) is 4.06. The van der Waals surface area contributed by atoms with Crippen LogP contribution >= 0.6 is 15.9 Å². The third-order valence-corrected chi connectivity index (χ3v) is 5.63. The summed E-state index contributed by atoms with van der Waals surface area (Å²) < 4.78 is 16.7. The standard InChI is InChI=1S/C24H19BrN2O5/c1-30-19-10-9-15(26-24(29)20-8-5-11-32-20)13-18(19)27-23(28)17-12-14-6-3-4-7-16(14)21(25)22(17)31-2/h3-13H,1-2H3,(H,26,29)(H,27,28). The van der Waals surface area contributed by atoms with Crippen molar-refractivity contribution in [2.45, 2.75) is 0 Å². The van der Waals surface area contributed by atoms with E-state index >= 15 is 0 Å². The molecule has 0 atom stereocenters. The van der Waals surface area contributed by atoms with Crippen LogP contribution in [0.2, 0.25) is 0 Å². The second kappa shape index (κ2) is 9.15. The molecule has 8 heteroatoms. The average Bonchev–Trinajstić information content (AvgIpc) is 3.34. The van der Waals surface area contributed by atoms with E-state index in [0.717, 1.165) is 10.8 Å². The Bertz CT molecular complexity index is 1300. The summed E-state index contributed by atoms with van der Waals surface area (Å²) >= 11 is 3.55. The molecular formula is C24H19BrN2O5. The molecular weight excluding hydrogens is 476 g/mol. The van der Waals surface area contributed by atoms with Crippen LogP contribution in [0, 0.1) is 0 Å². The van der Waals surface area contributed by atoms with Crippen molar-refractivity contribution in [2.75, 3.05) is 24.9 Å².